The normalized spacial score (nSPS) is 32.4. The highest BCUT2D eigenvalue weighted by Gasteiger charge is 2.57. The molecule has 6 nitrogen and oxygen atoms in total. The van der Waals surface area contributed by atoms with Gasteiger partial charge in [0.05, 0.1) is 29.9 Å². The molecule has 528 valence electrons. The number of ketones is 1. The molecule has 8 heterocycles. The number of hydrogen-bond acceptors (Lipinski definition) is 6. The maximum Gasteiger partial charge on any atom is 0.343 e. The molecule has 12 fully saturated rings. The van der Waals surface area contributed by atoms with Crippen molar-refractivity contribution in [3.63, 3.8) is 0 Å². The van der Waals surface area contributed by atoms with Crippen LogP contribution in [0.1, 0.15) is 243 Å². The predicted octanol–water partition coefficient (Wildman–Crippen LogP) is 21.5. The first-order valence-electron chi connectivity index (χ1n) is 39.2. The fourth-order valence-corrected chi connectivity index (χ4v) is 34.8. The second-order valence-electron chi connectivity index (χ2n) is 34.2. The van der Waals surface area contributed by atoms with Crippen LogP contribution in [-0.4, -0.2) is 70.9 Å². The molecule has 12 bridgehead atoms. The summed E-state index contributed by atoms with van der Waals surface area (Å²) in [4.78, 5) is 44.1. The SMILES string of the molecule is CC(C)(C)c1ccc([S+]2C3CCCC2CC(=O)C3)cc1.CC(C)(C)c1ccc([S+]2C3CCCC2CC(O)C3)cc1.O=C(Oc1ccc([S+]2C3CCCC2CCC3)c2ccccc12)C12CC3CC(CC(C3)C1)C2.O=C(Oc1ccc([S+]2C3CCCC2CCC3)c2ccccc12)c1ccccc1. The number of rotatable bonds is 8. The molecule has 12 aliphatic rings. The summed E-state index contributed by atoms with van der Waals surface area (Å²) in [6.07, 6.45) is 35.5. The molecule has 0 spiro atoms. The van der Waals surface area contributed by atoms with Gasteiger partial charge >= 0.3 is 11.9 Å². The lowest BCUT2D eigenvalue weighted by Gasteiger charge is -2.55. The number of benzene rings is 7. The molecule has 8 aliphatic heterocycles. The first-order valence-corrected chi connectivity index (χ1v) is 44.6. The number of hydrogen-bond donors (Lipinski definition) is 1. The van der Waals surface area contributed by atoms with Crippen molar-refractivity contribution < 1.29 is 29.0 Å². The van der Waals surface area contributed by atoms with E-state index in [9.17, 15) is 19.5 Å². The number of aliphatic hydroxyl groups excluding tert-OH is 1. The standard InChI is InChI=1S/C29H35O2S.C25H25O2S.C18H27OS.C18H25OS/c30-28(29-16-19-13-20(17-29)15-21(14-19)18-29)31-26-11-12-27(25-10-2-1-9-24(25)26)32-22-5-3-6-23(32)8-4-7-22;26-25(18-8-2-1-3-9-18)27-23-16-17-24(22-15-5-4-14-21(22)23)28-19-10-6-11-20(28)13-7-12-19;2*1-18(2,3)13-7-9-15(10-8-13)20-16-5-4-6-17(20)12-14(19)11-16/h1-2,9-12,19-23H,3-8,13-18H2;1-5,8-9,14-17,19-20H,6-7,10-13H2;7-10,14,16-17,19H,4-6,11-12H2,1-3H3;7-10,16-17H,4-6,11-12H2,1-3H3/q4*+1. The van der Waals surface area contributed by atoms with Gasteiger partial charge in [0.2, 0.25) is 0 Å². The quantitative estimate of drug-likeness (QED) is 0.0926. The van der Waals surface area contributed by atoms with Gasteiger partial charge in [0.25, 0.3) is 0 Å². The fourth-order valence-electron chi connectivity index (χ4n) is 20.8. The Bertz CT molecular complexity index is 3910. The summed E-state index contributed by atoms with van der Waals surface area (Å²) in [5.74, 6) is 4.05. The van der Waals surface area contributed by atoms with Gasteiger partial charge in [0, 0.05) is 78.0 Å². The molecule has 7 aromatic rings. The summed E-state index contributed by atoms with van der Waals surface area (Å²) in [5.41, 5.74) is 3.67. The van der Waals surface area contributed by atoms with Crippen molar-refractivity contribution in [2.75, 3.05) is 0 Å². The van der Waals surface area contributed by atoms with E-state index in [0.29, 0.717) is 71.2 Å². The van der Waals surface area contributed by atoms with E-state index in [2.05, 4.69) is 151 Å². The highest BCUT2D eigenvalue weighted by Crippen LogP contribution is 2.61. The van der Waals surface area contributed by atoms with Crippen LogP contribution in [0.3, 0.4) is 0 Å². The first-order chi connectivity index (χ1) is 48.4. The Labute approximate surface area is 610 Å². The van der Waals surface area contributed by atoms with E-state index in [4.69, 9.17) is 9.47 Å². The monoisotopic (exact) mass is 1420 g/mol. The maximum absolute atomic E-state index is 13.6. The summed E-state index contributed by atoms with van der Waals surface area (Å²) in [7, 11) is 1.38. The molecule has 1 N–H and O–H groups in total. The second kappa shape index (κ2) is 30.2. The Balaban J connectivity index is 0.000000111. The number of Topliss-reactive ketones (excluding diaryl/α,β-unsaturated/α-hetero) is 1. The Morgan fingerprint density at radius 3 is 1.14 bits per heavy atom. The number of ether oxygens (including phenoxy) is 2. The van der Waals surface area contributed by atoms with Crippen molar-refractivity contribution in [3.05, 3.63) is 168 Å². The molecule has 7 aromatic carbocycles. The minimum Gasteiger partial charge on any atom is -0.425 e. The van der Waals surface area contributed by atoms with Crippen LogP contribution in [0, 0.1) is 23.2 Å². The van der Waals surface area contributed by atoms with Crippen molar-refractivity contribution in [2.24, 2.45) is 23.2 Å². The Kier molecular flexibility index (Phi) is 21.4. The van der Waals surface area contributed by atoms with E-state index >= 15 is 0 Å². The largest absolute Gasteiger partial charge is 0.425 e. The number of carbonyl (C=O) groups excluding carboxylic acids is 3. The van der Waals surface area contributed by atoms with Gasteiger partial charge in [-0.3, -0.25) is 9.59 Å². The molecule has 19 rings (SSSR count). The Morgan fingerprint density at radius 1 is 0.390 bits per heavy atom. The van der Waals surface area contributed by atoms with Gasteiger partial charge in [-0.25, -0.2) is 4.79 Å². The maximum atomic E-state index is 13.6. The minimum absolute atomic E-state index is 0.0390. The minimum atomic E-state index is -0.296. The Morgan fingerprint density at radius 2 is 0.740 bits per heavy atom. The van der Waals surface area contributed by atoms with Gasteiger partial charge in [0.15, 0.2) is 19.6 Å². The zero-order valence-electron chi connectivity index (χ0n) is 60.8. The van der Waals surface area contributed by atoms with Crippen LogP contribution in [0.15, 0.2) is 171 Å². The van der Waals surface area contributed by atoms with Gasteiger partial charge in [-0.15, -0.1) is 0 Å². The number of fused-ring (bicyclic) bond motifs is 10. The molecule has 4 aliphatic carbocycles. The molecule has 100 heavy (non-hydrogen) atoms. The summed E-state index contributed by atoms with van der Waals surface area (Å²) in [5, 5.41) is 21.0. The second-order valence-corrected chi connectivity index (χ2v) is 44.4. The van der Waals surface area contributed by atoms with E-state index in [0.717, 1.165) is 111 Å². The van der Waals surface area contributed by atoms with Crippen LogP contribution in [0.25, 0.3) is 21.5 Å². The molecule has 0 radical (unpaired) electrons. The third-order valence-corrected chi connectivity index (χ3v) is 37.9. The highest BCUT2D eigenvalue weighted by atomic mass is 32.2. The van der Waals surface area contributed by atoms with E-state index < -0.39 is 0 Å². The third kappa shape index (κ3) is 15.2. The number of esters is 2. The lowest BCUT2D eigenvalue weighted by atomic mass is 9.49. The van der Waals surface area contributed by atoms with Gasteiger partial charge in [-0.1, -0.05) is 120 Å². The molecule has 0 amide bonds. The van der Waals surface area contributed by atoms with Gasteiger partial charge in [0.1, 0.15) is 59.3 Å². The summed E-state index contributed by atoms with van der Waals surface area (Å²) in [6, 6.07) is 53.8. The van der Waals surface area contributed by atoms with Crippen molar-refractivity contribution >= 4 is 82.8 Å². The van der Waals surface area contributed by atoms with Crippen molar-refractivity contribution in [1.82, 2.24) is 0 Å². The van der Waals surface area contributed by atoms with Crippen LogP contribution in [0.2, 0.25) is 0 Å². The number of carbonyl (C=O) groups is 3. The van der Waals surface area contributed by atoms with E-state index in [-0.39, 0.29) is 34.3 Å². The molecule has 4 saturated carbocycles. The van der Waals surface area contributed by atoms with Gasteiger partial charge in [-0.05, 0) is 267 Å². The fraction of sp³-hybridized carbons (Fsp3) is 0.544. The lowest BCUT2D eigenvalue weighted by Crippen LogP contribution is -2.51. The van der Waals surface area contributed by atoms with E-state index in [1.165, 1.54) is 167 Å². The smallest absolute Gasteiger partial charge is 0.343 e. The first kappa shape index (κ1) is 70.7. The van der Waals surface area contributed by atoms with Gasteiger partial charge in [-0.2, -0.15) is 0 Å². The molecular weight excluding hydrogens is 1310 g/mol. The molecule has 4 atom stereocenters. The summed E-state index contributed by atoms with van der Waals surface area (Å²) >= 11 is 0. The van der Waals surface area contributed by atoms with Gasteiger partial charge < -0.3 is 14.6 Å². The third-order valence-electron chi connectivity index (χ3n) is 25.2. The van der Waals surface area contributed by atoms with Crippen LogP contribution >= 0.6 is 0 Å². The molecular formula is C90H112O6S4+4. The Hall–Kier alpha value is -4.97. The molecule has 8 saturated heterocycles. The van der Waals surface area contributed by atoms with Crippen molar-refractivity contribution in [1.29, 1.82) is 0 Å². The zero-order valence-corrected chi connectivity index (χ0v) is 64.0. The van der Waals surface area contributed by atoms with Crippen LogP contribution < -0.4 is 9.47 Å². The van der Waals surface area contributed by atoms with Crippen LogP contribution in [0.5, 0.6) is 11.5 Å². The average molecular weight is 1420 g/mol. The van der Waals surface area contributed by atoms with Crippen LogP contribution in [-0.2, 0) is 64.0 Å². The molecule has 0 aromatic heterocycles. The van der Waals surface area contributed by atoms with E-state index in [1.807, 2.05) is 30.3 Å². The topological polar surface area (TPSA) is 89.9 Å². The summed E-state index contributed by atoms with van der Waals surface area (Å²) < 4.78 is 12.1. The van der Waals surface area contributed by atoms with Crippen LogP contribution in [0.4, 0.5) is 0 Å². The van der Waals surface area contributed by atoms with Crippen molar-refractivity contribution in [2.45, 2.75) is 300 Å². The van der Waals surface area contributed by atoms with Crippen molar-refractivity contribution in [3.8, 4) is 11.5 Å². The number of aliphatic hydroxyl groups is 1. The zero-order chi connectivity index (χ0) is 68.9. The molecule has 10 heteroatoms. The van der Waals surface area contributed by atoms with E-state index in [1.54, 1.807) is 21.9 Å². The summed E-state index contributed by atoms with van der Waals surface area (Å²) in [6.45, 7) is 13.6. The average Bonchev–Trinajstić information content (AvgIpc) is 0.753. The lowest BCUT2D eigenvalue weighted by molar-refractivity contribution is -0.161. The highest BCUT2D eigenvalue weighted by molar-refractivity contribution is 7.99. The predicted molar refractivity (Wildman–Crippen MR) is 421 cm³/mol. The molecule has 4 unspecified atom stereocenters.